The van der Waals surface area contributed by atoms with Crippen molar-refractivity contribution < 1.29 is 27.9 Å². The Labute approximate surface area is 197 Å². The van der Waals surface area contributed by atoms with Gasteiger partial charge in [0.2, 0.25) is 0 Å². The van der Waals surface area contributed by atoms with E-state index in [1.54, 1.807) is 4.90 Å². The van der Waals surface area contributed by atoms with E-state index in [1.165, 1.54) is 6.07 Å². The van der Waals surface area contributed by atoms with Crippen molar-refractivity contribution in [3.63, 3.8) is 0 Å². The van der Waals surface area contributed by atoms with Crippen molar-refractivity contribution in [3.8, 4) is 5.75 Å². The maximum Gasteiger partial charge on any atom is 0.419 e. The number of hydrogen-bond donors (Lipinski definition) is 1. The Hall–Kier alpha value is -2.81. The van der Waals surface area contributed by atoms with E-state index >= 15 is 0 Å². The van der Waals surface area contributed by atoms with Crippen molar-refractivity contribution in [2.75, 3.05) is 26.7 Å². The summed E-state index contributed by atoms with van der Waals surface area (Å²) in [6.45, 7) is 7.91. The van der Waals surface area contributed by atoms with Gasteiger partial charge in [-0.25, -0.2) is 0 Å². The number of carbonyl (C=O) groups excluding carboxylic acids is 2. The van der Waals surface area contributed by atoms with Crippen LogP contribution in [0.15, 0.2) is 30.3 Å². The smallest absolute Gasteiger partial charge is 0.419 e. The summed E-state index contributed by atoms with van der Waals surface area (Å²) < 4.78 is 41.6. The standard InChI is InChI=1S/C25H30F3N3O3/c1-23(2,3)21(33)18-6-8-20-24(29(4)13-14-31(18)20)9-11-30(12-10-24)22(34)16-5-7-19(32)17(15-16)25(26,27)28/h5-8,15,32H,9-14H2,1-4H3. The molecular formula is C25H30F3N3O3. The topological polar surface area (TPSA) is 65.8 Å². The van der Waals surface area contributed by atoms with Crippen LogP contribution in [0.2, 0.25) is 0 Å². The predicted octanol–water partition coefficient (Wildman–Crippen LogP) is 4.52. The number of aromatic hydroxyl groups is 1. The molecule has 34 heavy (non-hydrogen) atoms. The number of fused-ring (bicyclic) bond motifs is 2. The number of carbonyl (C=O) groups is 2. The summed E-state index contributed by atoms with van der Waals surface area (Å²) in [5.41, 5.74) is -0.423. The summed E-state index contributed by atoms with van der Waals surface area (Å²) >= 11 is 0. The molecule has 0 saturated carbocycles. The fourth-order valence-corrected chi connectivity index (χ4v) is 5.15. The van der Waals surface area contributed by atoms with E-state index in [-0.39, 0.29) is 16.9 Å². The molecule has 0 radical (unpaired) electrons. The minimum Gasteiger partial charge on any atom is -0.507 e. The van der Waals surface area contributed by atoms with Gasteiger partial charge in [-0.1, -0.05) is 20.8 Å². The number of phenols is 1. The van der Waals surface area contributed by atoms with Gasteiger partial charge < -0.3 is 14.6 Å². The summed E-state index contributed by atoms with van der Waals surface area (Å²) in [7, 11) is 2.04. The lowest BCUT2D eigenvalue weighted by Crippen LogP contribution is -2.56. The quantitative estimate of drug-likeness (QED) is 0.646. The molecule has 1 N–H and O–H groups in total. The Morgan fingerprint density at radius 1 is 0.971 bits per heavy atom. The number of phenolic OH excluding ortho intramolecular Hbond substituents is 1. The monoisotopic (exact) mass is 477 g/mol. The zero-order valence-corrected chi connectivity index (χ0v) is 19.9. The largest absolute Gasteiger partial charge is 0.507 e. The zero-order chi connectivity index (χ0) is 25.1. The molecule has 6 nitrogen and oxygen atoms in total. The first-order chi connectivity index (χ1) is 15.8. The first-order valence-electron chi connectivity index (χ1n) is 11.4. The van der Waals surface area contributed by atoms with Crippen molar-refractivity contribution in [1.29, 1.82) is 0 Å². The molecular weight excluding hydrogens is 447 g/mol. The zero-order valence-electron chi connectivity index (χ0n) is 19.9. The van der Waals surface area contributed by atoms with Gasteiger partial charge in [-0.3, -0.25) is 14.5 Å². The number of piperidine rings is 1. The molecule has 2 aromatic rings. The van der Waals surface area contributed by atoms with Gasteiger partial charge in [0.25, 0.3) is 5.91 Å². The van der Waals surface area contributed by atoms with Gasteiger partial charge in [-0.05, 0) is 50.2 Å². The van der Waals surface area contributed by atoms with Crippen LogP contribution >= 0.6 is 0 Å². The molecule has 0 atom stereocenters. The molecule has 2 aliphatic heterocycles. The van der Waals surface area contributed by atoms with E-state index < -0.39 is 28.8 Å². The highest BCUT2D eigenvalue weighted by molar-refractivity contribution is 5.98. The number of hydrogen-bond acceptors (Lipinski definition) is 4. The number of likely N-dealkylation sites (tertiary alicyclic amines) is 1. The number of nitrogens with zero attached hydrogens (tertiary/aromatic N) is 3. The molecule has 184 valence electrons. The second-order valence-corrected chi connectivity index (χ2v) is 10.3. The highest BCUT2D eigenvalue weighted by Crippen LogP contribution is 2.42. The average molecular weight is 478 g/mol. The predicted molar refractivity (Wildman–Crippen MR) is 121 cm³/mol. The van der Waals surface area contributed by atoms with E-state index in [4.69, 9.17) is 0 Å². The SMILES string of the molecule is CN1CCn2c(C(=O)C(C)(C)C)ccc2C12CCN(C(=O)c1ccc(O)c(C(F)(F)F)c1)CC2. The highest BCUT2D eigenvalue weighted by Gasteiger charge is 2.46. The molecule has 1 spiro atoms. The lowest BCUT2D eigenvalue weighted by atomic mass is 9.81. The Kier molecular flexibility index (Phi) is 5.83. The Morgan fingerprint density at radius 2 is 1.62 bits per heavy atom. The Balaban J connectivity index is 1.58. The van der Waals surface area contributed by atoms with Crippen LogP contribution in [0.25, 0.3) is 0 Å². The fraction of sp³-hybridized carbons (Fsp3) is 0.520. The fourth-order valence-electron chi connectivity index (χ4n) is 5.15. The normalized spacial score (nSPS) is 18.7. The number of alkyl halides is 3. The lowest BCUT2D eigenvalue weighted by Gasteiger charge is -2.50. The maximum absolute atomic E-state index is 13.2. The summed E-state index contributed by atoms with van der Waals surface area (Å²) in [4.78, 5) is 29.8. The molecule has 2 aliphatic rings. The lowest BCUT2D eigenvalue weighted by molar-refractivity contribution is -0.138. The Morgan fingerprint density at radius 3 is 2.21 bits per heavy atom. The van der Waals surface area contributed by atoms with Crippen LogP contribution in [0.1, 0.15) is 65.7 Å². The second-order valence-electron chi connectivity index (χ2n) is 10.3. The Bertz CT molecular complexity index is 1120. The third-order valence-electron chi connectivity index (χ3n) is 7.19. The van der Waals surface area contributed by atoms with Gasteiger partial charge in [-0.15, -0.1) is 0 Å². The van der Waals surface area contributed by atoms with Gasteiger partial charge in [0, 0.05) is 42.9 Å². The summed E-state index contributed by atoms with van der Waals surface area (Å²) in [5.74, 6) is -1.30. The highest BCUT2D eigenvalue weighted by atomic mass is 19.4. The van der Waals surface area contributed by atoms with Crippen molar-refractivity contribution in [3.05, 3.63) is 52.8 Å². The second kappa shape index (κ2) is 8.15. The minimum atomic E-state index is -4.75. The molecule has 0 bridgehead atoms. The van der Waals surface area contributed by atoms with Crippen molar-refractivity contribution >= 4 is 11.7 Å². The molecule has 1 aromatic carbocycles. The minimum absolute atomic E-state index is 0.0823. The third kappa shape index (κ3) is 4.00. The van der Waals surface area contributed by atoms with E-state index in [0.29, 0.717) is 44.2 Å². The van der Waals surface area contributed by atoms with E-state index in [2.05, 4.69) is 9.47 Å². The molecule has 1 aromatic heterocycles. The van der Waals surface area contributed by atoms with Gasteiger partial charge in [-0.2, -0.15) is 13.2 Å². The molecule has 1 fully saturated rings. The molecule has 0 unspecified atom stereocenters. The van der Waals surface area contributed by atoms with Crippen LogP contribution in [0, 0.1) is 5.41 Å². The molecule has 1 saturated heterocycles. The number of rotatable bonds is 2. The average Bonchev–Trinajstić information content (AvgIpc) is 3.20. The first kappa shape index (κ1) is 24.3. The van der Waals surface area contributed by atoms with Crippen LogP contribution in [-0.4, -0.2) is 57.8 Å². The van der Waals surface area contributed by atoms with E-state index in [1.807, 2.05) is 40.0 Å². The van der Waals surface area contributed by atoms with Gasteiger partial charge in [0.15, 0.2) is 5.78 Å². The van der Waals surface area contributed by atoms with Gasteiger partial charge in [0.05, 0.1) is 16.8 Å². The van der Waals surface area contributed by atoms with Crippen LogP contribution in [-0.2, 0) is 18.3 Å². The maximum atomic E-state index is 13.2. The molecule has 3 heterocycles. The number of aromatic nitrogens is 1. The molecule has 0 aliphatic carbocycles. The van der Waals surface area contributed by atoms with Crippen LogP contribution in [0.5, 0.6) is 5.75 Å². The van der Waals surface area contributed by atoms with E-state index in [0.717, 1.165) is 18.3 Å². The van der Waals surface area contributed by atoms with E-state index in [9.17, 15) is 27.9 Å². The number of Topliss-reactive ketones (excluding diaryl/α,β-unsaturated/α-hetero) is 1. The first-order valence-corrected chi connectivity index (χ1v) is 11.4. The van der Waals surface area contributed by atoms with Crippen LogP contribution in [0.4, 0.5) is 13.2 Å². The van der Waals surface area contributed by atoms with Gasteiger partial charge >= 0.3 is 6.18 Å². The van der Waals surface area contributed by atoms with Crippen LogP contribution < -0.4 is 0 Å². The number of amides is 1. The van der Waals surface area contributed by atoms with Crippen molar-refractivity contribution in [2.45, 2.75) is 51.9 Å². The summed E-state index contributed by atoms with van der Waals surface area (Å²) in [6.07, 6.45) is -3.54. The number of ketones is 1. The number of halogens is 3. The molecule has 9 heteroatoms. The molecule has 1 amide bonds. The van der Waals surface area contributed by atoms with Crippen LogP contribution in [0.3, 0.4) is 0 Å². The van der Waals surface area contributed by atoms with Crippen molar-refractivity contribution in [2.24, 2.45) is 5.41 Å². The molecule has 4 rings (SSSR count). The number of benzene rings is 1. The van der Waals surface area contributed by atoms with Crippen molar-refractivity contribution in [1.82, 2.24) is 14.4 Å². The summed E-state index contributed by atoms with van der Waals surface area (Å²) in [5, 5.41) is 9.57. The summed E-state index contributed by atoms with van der Waals surface area (Å²) in [6, 6.07) is 6.74. The third-order valence-corrected chi connectivity index (χ3v) is 7.19. The van der Waals surface area contributed by atoms with Gasteiger partial charge in [0.1, 0.15) is 5.75 Å². The number of likely N-dealkylation sites (N-methyl/N-ethyl adjacent to an activating group) is 1.